The zero-order chi connectivity index (χ0) is 13.8. The van der Waals surface area contributed by atoms with E-state index in [0.29, 0.717) is 24.9 Å². The van der Waals surface area contributed by atoms with Gasteiger partial charge in [-0.3, -0.25) is 4.90 Å². The molecule has 2 N–H and O–H groups in total. The van der Waals surface area contributed by atoms with Gasteiger partial charge < -0.3 is 10.3 Å². The van der Waals surface area contributed by atoms with Crippen LogP contribution in [0, 0.1) is 11.3 Å². The van der Waals surface area contributed by atoms with Crippen molar-refractivity contribution in [2.24, 2.45) is 17.1 Å². The van der Waals surface area contributed by atoms with Gasteiger partial charge >= 0.3 is 0 Å². The van der Waals surface area contributed by atoms with Crippen LogP contribution in [0.3, 0.4) is 0 Å². The van der Waals surface area contributed by atoms with Crippen LogP contribution in [-0.4, -0.2) is 35.2 Å². The summed E-state index contributed by atoms with van der Waals surface area (Å²) < 4.78 is 5.25. The van der Waals surface area contributed by atoms with Gasteiger partial charge in [0, 0.05) is 13.0 Å². The average molecular weight is 254 g/mol. The van der Waals surface area contributed by atoms with Crippen LogP contribution in [0.5, 0.6) is 0 Å². The second-order valence-corrected chi connectivity index (χ2v) is 6.24. The molecule has 0 spiro atoms. The van der Waals surface area contributed by atoms with Crippen LogP contribution >= 0.6 is 0 Å². The van der Waals surface area contributed by atoms with E-state index in [1.165, 1.54) is 0 Å². The van der Waals surface area contributed by atoms with Crippen LogP contribution in [0.2, 0.25) is 0 Å². The van der Waals surface area contributed by atoms with Gasteiger partial charge in [-0.05, 0) is 24.9 Å². The van der Waals surface area contributed by atoms with Crippen molar-refractivity contribution in [3.05, 3.63) is 11.7 Å². The van der Waals surface area contributed by atoms with E-state index >= 15 is 0 Å². The largest absolute Gasteiger partial charge is 0.338 e. The van der Waals surface area contributed by atoms with Crippen molar-refractivity contribution in [2.75, 3.05) is 20.1 Å². The predicted octanol–water partition coefficient (Wildman–Crippen LogP) is 1.68. The Kier molecular flexibility index (Phi) is 5.28. The van der Waals surface area contributed by atoms with E-state index < -0.39 is 0 Å². The van der Waals surface area contributed by atoms with Gasteiger partial charge in [-0.2, -0.15) is 4.98 Å². The first-order chi connectivity index (χ1) is 8.32. The number of nitrogens with two attached hydrogens (primary N) is 1. The van der Waals surface area contributed by atoms with Gasteiger partial charge in [-0.1, -0.05) is 32.9 Å². The molecule has 0 atom stereocenters. The fraction of sp³-hybridized carbons (Fsp3) is 0.846. The van der Waals surface area contributed by atoms with Crippen LogP contribution < -0.4 is 5.73 Å². The third-order valence-corrected chi connectivity index (χ3v) is 2.76. The Balaban J connectivity index is 2.49. The molecule has 5 nitrogen and oxygen atoms in total. The summed E-state index contributed by atoms with van der Waals surface area (Å²) in [6, 6.07) is 0. The van der Waals surface area contributed by atoms with Crippen molar-refractivity contribution < 1.29 is 4.52 Å². The second kappa shape index (κ2) is 6.29. The summed E-state index contributed by atoms with van der Waals surface area (Å²) >= 11 is 0. The molecule has 0 fully saturated rings. The first-order valence-electron chi connectivity index (χ1n) is 6.52. The Bertz CT molecular complexity index is 360. The Hall–Kier alpha value is -0.940. The van der Waals surface area contributed by atoms with E-state index in [9.17, 15) is 0 Å². The zero-order valence-corrected chi connectivity index (χ0v) is 12.2. The number of nitrogens with zero attached hydrogens (tertiary/aromatic N) is 3. The van der Waals surface area contributed by atoms with E-state index in [2.05, 4.69) is 42.7 Å². The minimum absolute atomic E-state index is 0.107. The quantitative estimate of drug-likeness (QED) is 0.802. The summed E-state index contributed by atoms with van der Waals surface area (Å²) in [5, 5.41) is 3.99. The highest BCUT2D eigenvalue weighted by Gasteiger charge is 2.19. The van der Waals surface area contributed by atoms with Crippen LogP contribution in [0.4, 0.5) is 0 Å². The molecule has 0 bridgehead atoms. The van der Waals surface area contributed by atoms with E-state index in [4.69, 9.17) is 10.3 Å². The minimum Gasteiger partial charge on any atom is -0.338 e. The van der Waals surface area contributed by atoms with Crippen molar-refractivity contribution in [3.63, 3.8) is 0 Å². The molecule has 5 heteroatoms. The Morgan fingerprint density at radius 1 is 1.39 bits per heavy atom. The third-order valence-electron chi connectivity index (χ3n) is 2.76. The van der Waals surface area contributed by atoms with E-state index in [0.717, 1.165) is 18.8 Å². The van der Waals surface area contributed by atoms with Crippen molar-refractivity contribution in [1.82, 2.24) is 15.0 Å². The summed E-state index contributed by atoms with van der Waals surface area (Å²) in [6.07, 6.45) is 0.863. The molecular weight excluding hydrogens is 228 g/mol. The molecule has 0 amide bonds. The highest BCUT2D eigenvalue weighted by Crippen LogP contribution is 2.15. The van der Waals surface area contributed by atoms with Crippen LogP contribution in [0.15, 0.2) is 4.52 Å². The molecular formula is C13H26N4O. The topological polar surface area (TPSA) is 68.2 Å². The molecule has 1 rings (SSSR count). The summed E-state index contributed by atoms with van der Waals surface area (Å²) in [7, 11) is 2.05. The molecule has 1 heterocycles. The molecule has 1 aromatic heterocycles. The van der Waals surface area contributed by atoms with E-state index in [1.807, 2.05) is 7.05 Å². The van der Waals surface area contributed by atoms with Gasteiger partial charge in [0.25, 0.3) is 0 Å². The number of aromatic nitrogens is 2. The normalized spacial score (nSPS) is 12.7. The lowest BCUT2D eigenvalue weighted by Gasteiger charge is -2.27. The molecule has 0 aliphatic carbocycles. The molecule has 0 radical (unpaired) electrons. The molecule has 0 saturated carbocycles. The van der Waals surface area contributed by atoms with Crippen LogP contribution in [-0.2, 0) is 13.0 Å². The second-order valence-electron chi connectivity index (χ2n) is 6.24. The summed E-state index contributed by atoms with van der Waals surface area (Å²) in [5.74, 6) is 2.02. The molecule has 0 saturated heterocycles. The van der Waals surface area contributed by atoms with Gasteiger partial charge in [0.2, 0.25) is 5.89 Å². The number of rotatable bonds is 7. The smallest absolute Gasteiger partial charge is 0.240 e. The summed E-state index contributed by atoms with van der Waals surface area (Å²) in [6.45, 7) is 10.8. The predicted molar refractivity (Wildman–Crippen MR) is 72.0 cm³/mol. The van der Waals surface area contributed by atoms with Gasteiger partial charge in [0.05, 0.1) is 6.54 Å². The molecule has 0 aliphatic heterocycles. The Morgan fingerprint density at radius 2 is 2.06 bits per heavy atom. The first kappa shape index (κ1) is 15.1. The van der Waals surface area contributed by atoms with Crippen LogP contribution in [0.25, 0.3) is 0 Å². The Labute approximate surface area is 110 Å². The van der Waals surface area contributed by atoms with Crippen molar-refractivity contribution in [2.45, 2.75) is 40.7 Å². The average Bonchev–Trinajstić information content (AvgIpc) is 2.63. The van der Waals surface area contributed by atoms with E-state index in [1.54, 1.807) is 0 Å². The maximum atomic E-state index is 5.73. The molecule has 1 aromatic rings. The fourth-order valence-electron chi connectivity index (χ4n) is 1.88. The zero-order valence-electron chi connectivity index (χ0n) is 12.2. The van der Waals surface area contributed by atoms with Gasteiger partial charge in [0.15, 0.2) is 5.82 Å². The van der Waals surface area contributed by atoms with Crippen molar-refractivity contribution >= 4 is 0 Å². The van der Waals surface area contributed by atoms with Gasteiger partial charge in [-0.25, -0.2) is 0 Å². The summed E-state index contributed by atoms with van der Waals surface area (Å²) in [4.78, 5) is 6.56. The Morgan fingerprint density at radius 3 is 2.61 bits per heavy atom. The maximum absolute atomic E-state index is 5.73. The lowest BCUT2D eigenvalue weighted by Crippen LogP contribution is -2.36. The molecule has 0 aliphatic rings. The monoisotopic (exact) mass is 254 g/mol. The number of hydrogen-bond acceptors (Lipinski definition) is 5. The molecule has 0 unspecified atom stereocenters. The molecule has 0 aromatic carbocycles. The molecule has 18 heavy (non-hydrogen) atoms. The van der Waals surface area contributed by atoms with Crippen molar-refractivity contribution in [3.8, 4) is 0 Å². The fourth-order valence-corrected chi connectivity index (χ4v) is 1.88. The third kappa shape index (κ3) is 5.14. The molecule has 104 valence electrons. The standard InChI is InChI=1S/C13H26N4O/c1-10(2)6-11-15-12(18-16-11)7-17(5)9-13(3,4)8-14/h10H,6-9,14H2,1-5H3. The minimum atomic E-state index is 0.107. The van der Waals surface area contributed by atoms with Crippen molar-refractivity contribution in [1.29, 1.82) is 0 Å². The summed E-state index contributed by atoms with van der Waals surface area (Å²) in [5.41, 5.74) is 5.84. The van der Waals surface area contributed by atoms with Gasteiger partial charge in [-0.15, -0.1) is 0 Å². The number of hydrogen-bond donors (Lipinski definition) is 1. The van der Waals surface area contributed by atoms with E-state index in [-0.39, 0.29) is 5.41 Å². The SMILES string of the molecule is CC(C)Cc1noc(CN(C)CC(C)(C)CN)n1. The highest BCUT2D eigenvalue weighted by atomic mass is 16.5. The first-order valence-corrected chi connectivity index (χ1v) is 6.52. The highest BCUT2D eigenvalue weighted by molar-refractivity contribution is 4.87. The lowest BCUT2D eigenvalue weighted by molar-refractivity contribution is 0.189. The maximum Gasteiger partial charge on any atom is 0.240 e. The van der Waals surface area contributed by atoms with Gasteiger partial charge in [0.1, 0.15) is 0 Å². The lowest BCUT2D eigenvalue weighted by atomic mass is 9.93. The van der Waals surface area contributed by atoms with Crippen LogP contribution in [0.1, 0.15) is 39.4 Å².